The van der Waals surface area contributed by atoms with Crippen LogP contribution in [0.1, 0.15) is 32.3 Å². The first kappa shape index (κ1) is 19.8. The first-order chi connectivity index (χ1) is 12.8. The van der Waals surface area contributed by atoms with Crippen molar-refractivity contribution in [1.29, 1.82) is 0 Å². The highest BCUT2D eigenvalue weighted by atomic mass is 32.2. The molecule has 2 heterocycles. The zero-order valence-electron chi connectivity index (χ0n) is 16.1. The van der Waals surface area contributed by atoms with Gasteiger partial charge in [-0.1, -0.05) is 26.0 Å². The molecule has 3 rings (SSSR count). The van der Waals surface area contributed by atoms with E-state index in [2.05, 4.69) is 24.1 Å². The van der Waals surface area contributed by atoms with Gasteiger partial charge in [0.25, 0.3) is 0 Å². The molecule has 0 spiro atoms. The molecule has 146 valence electrons. The summed E-state index contributed by atoms with van der Waals surface area (Å²) in [5.41, 5.74) is 1.49. The lowest BCUT2D eigenvalue weighted by molar-refractivity contribution is -0.126. The summed E-state index contributed by atoms with van der Waals surface area (Å²) in [7, 11) is -3.64. The Morgan fingerprint density at radius 3 is 2.67 bits per heavy atom. The lowest BCUT2D eigenvalue weighted by Crippen LogP contribution is -2.43. The van der Waals surface area contributed by atoms with Crippen molar-refractivity contribution in [2.75, 3.05) is 19.6 Å². The normalized spacial score (nSPS) is 16.7. The van der Waals surface area contributed by atoms with Crippen molar-refractivity contribution in [1.82, 2.24) is 14.6 Å². The monoisotopic (exact) mass is 389 g/mol. The van der Waals surface area contributed by atoms with Gasteiger partial charge in [0.15, 0.2) is 0 Å². The predicted molar refractivity (Wildman–Crippen MR) is 106 cm³/mol. The van der Waals surface area contributed by atoms with Gasteiger partial charge in [-0.15, -0.1) is 0 Å². The fraction of sp³-hybridized carbons (Fsp3) is 0.500. The minimum atomic E-state index is -3.64. The van der Waals surface area contributed by atoms with Gasteiger partial charge in [-0.2, -0.15) is 4.31 Å². The van der Waals surface area contributed by atoms with Crippen molar-refractivity contribution in [3.05, 3.63) is 36.0 Å². The molecular formula is C20H27N3O3S. The second-order valence-corrected chi connectivity index (χ2v) is 9.56. The van der Waals surface area contributed by atoms with Crippen LogP contribution in [-0.4, -0.2) is 43.2 Å². The average Bonchev–Trinajstić information content (AvgIpc) is 2.65. The molecule has 1 aliphatic rings. The summed E-state index contributed by atoms with van der Waals surface area (Å²) in [5, 5.41) is 3.77. The van der Waals surface area contributed by atoms with E-state index in [1.807, 2.05) is 19.1 Å². The number of benzene rings is 1. The molecule has 1 saturated heterocycles. The van der Waals surface area contributed by atoms with Crippen molar-refractivity contribution < 1.29 is 13.2 Å². The van der Waals surface area contributed by atoms with E-state index in [-0.39, 0.29) is 16.7 Å². The summed E-state index contributed by atoms with van der Waals surface area (Å²) in [4.78, 5) is 16.8. The molecule has 0 bridgehead atoms. The zero-order chi connectivity index (χ0) is 19.6. The van der Waals surface area contributed by atoms with Crippen molar-refractivity contribution >= 4 is 26.8 Å². The molecule has 27 heavy (non-hydrogen) atoms. The number of aromatic nitrogens is 1. The lowest BCUT2D eigenvalue weighted by Gasteiger charge is -2.30. The summed E-state index contributed by atoms with van der Waals surface area (Å²) in [6, 6.07) is 7.18. The van der Waals surface area contributed by atoms with Gasteiger partial charge in [0.2, 0.25) is 15.9 Å². The van der Waals surface area contributed by atoms with Gasteiger partial charge in [0.05, 0.1) is 5.52 Å². The van der Waals surface area contributed by atoms with Crippen LogP contribution in [0.3, 0.4) is 0 Å². The topological polar surface area (TPSA) is 79.4 Å². The molecule has 0 saturated carbocycles. The van der Waals surface area contributed by atoms with Gasteiger partial charge in [0.1, 0.15) is 4.90 Å². The third-order valence-electron chi connectivity index (χ3n) is 4.94. The maximum absolute atomic E-state index is 13.2. The van der Waals surface area contributed by atoms with Crippen LogP contribution in [-0.2, 0) is 14.8 Å². The first-order valence-electron chi connectivity index (χ1n) is 9.42. The van der Waals surface area contributed by atoms with E-state index >= 15 is 0 Å². The molecule has 0 aliphatic carbocycles. The Morgan fingerprint density at radius 2 is 2.00 bits per heavy atom. The number of pyridine rings is 1. The molecule has 0 radical (unpaired) electrons. The quantitative estimate of drug-likeness (QED) is 0.853. The van der Waals surface area contributed by atoms with E-state index in [0.717, 1.165) is 10.9 Å². The number of rotatable bonds is 5. The number of para-hydroxylation sites is 1. The summed E-state index contributed by atoms with van der Waals surface area (Å²) >= 11 is 0. The fourth-order valence-electron chi connectivity index (χ4n) is 3.40. The number of nitrogens with zero attached hydrogens (tertiary/aromatic N) is 2. The van der Waals surface area contributed by atoms with Crippen molar-refractivity contribution in [2.24, 2.45) is 11.8 Å². The maximum Gasteiger partial charge on any atom is 0.245 e. The van der Waals surface area contributed by atoms with E-state index in [4.69, 9.17) is 0 Å². The number of carbonyl (C=O) groups excluding carboxylic acids is 1. The number of nitrogens with one attached hydrogen (secondary N) is 1. The van der Waals surface area contributed by atoms with Gasteiger partial charge in [-0.05, 0) is 43.4 Å². The maximum atomic E-state index is 13.2. The Kier molecular flexibility index (Phi) is 5.81. The molecular weight excluding hydrogens is 362 g/mol. The van der Waals surface area contributed by atoms with Gasteiger partial charge < -0.3 is 5.32 Å². The number of fused-ring (bicyclic) bond motifs is 1. The van der Waals surface area contributed by atoms with Crippen LogP contribution in [0.25, 0.3) is 10.9 Å². The fourth-order valence-corrected chi connectivity index (χ4v) is 5.03. The molecule has 1 aromatic carbocycles. The summed E-state index contributed by atoms with van der Waals surface area (Å²) in [5.74, 6) is 0.309. The predicted octanol–water partition coefficient (Wildman–Crippen LogP) is 2.72. The van der Waals surface area contributed by atoms with Crippen LogP contribution in [0, 0.1) is 18.8 Å². The average molecular weight is 390 g/mol. The zero-order valence-corrected chi connectivity index (χ0v) is 16.9. The van der Waals surface area contributed by atoms with Crippen LogP contribution in [0.4, 0.5) is 0 Å². The van der Waals surface area contributed by atoms with Crippen molar-refractivity contribution in [3.8, 4) is 0 Å². The molecule has 1 amide bonds. The Balaban J connectivity index is 1.75. The Hall–Kier alpha value is -1.99. The van der Waals surface area contributed by atoms with E-state index in [1.54, 1.807) is 18.3 Å². The number of carbonyl (C=O) groups is 1. The lowest BCUT2D eigenvalue weighted by atomic mass is 9.97. The van der Waals surface area contributed by atoms with E-state index in [0.29, 0.717) is 43.9 Å². The third-order valence-corrected chi connectivity index (χ3v) is 6.87. The van der Waals surface area contributed by atoms with Gasteiger partial charge in [0, 0.05) is 37.1 Å². The molecule has 1 aliphatic heterocycles. The summed E-state index contributed by atoms with van der Waals surface area (Å²) in [6.07, 6.45) is 2.77. The molecule has 1 fully saturated rings. The number of hydrogen-bond acceptors (Lipinski definition) is 4. The van der Waals surface area contributed by atoms with E-state index < -0.39 is 10.0 Å². The Morgan fingerprint density at radius 1 is 1.30 bits per heavy atom. The summed E-state index contributed by atoms with van der Waals surface area (Å²) < 4.78 is 27.8. The summed E-state index contributed by atoms with van der Waals surface area (Å²) in [6.45, 7) is 7.39. The largest absolute Gasteiger partial charge is 0.356 e. The molecule has 6 nitrogen and oxygen atoms in total. The van der Waals surface area contributed by atoms with Gasteiger partial charge in [-0.25, -0.2) is 8.42 Å². The van der Waals surface area contributed by atoms with Crippen LogP contribution in [0.2, 0.25) is 0 Å². The molecule has 7 heteroatoms. The molecule has 0 atom stereocenters. The second kappa shape index (κ2) is 7.94. The number of piperidine rings is 1. The van der Waals surface area contributed by atoms with Crippen LogP contribution in [0.5, 0.6) is 0 Å². The number of aryl methyl sites for hydroxylation is 1. The highest BCUT2D eigenvalue weighted by Crippen LogP contribution is 2.28. The SMILES string of the molecule is Cc1cnc2c(S(=O)(=O)N3CCC(C(=O)NCC(C)C)CC3)cccc2c1. The molecule has 1 aromatic heterocycles. The van der Waals surface area contributed by atoms with Gasteiger partial charge in [-0.3, -0.25) is 9.78 Å². The number of sulfonamides is 1. The van der Waals surface area contributed by atoms with Gasteiger partial charge >= 0.3 is 0 Å². The van der Waals surface area contributed by atoms with Crippen molar-refractivity contribution in [2.45, 2.75) is 38.5 Å². The number of amides is 1. The van der Waals surface area contributed by atoms with Crippen LogP contribution in [0.15, 0.2) is 35.4 Å². The Bertz CT molecular complexity index is 933. The van der Waals surface area contributed by atoms with Crippen LogP contribution >= 0.6 is 0 Å². The molecule has 2 aromatic rings. The third kappa shape index (κ3) is 4.30. The first-order valence-corrected chi connectivity index (χ1v) is 10.9. The highest BCUT2D eigenvalue weighted by Gasteiger charge is 2.33. The standard InChI is InChI=1S/C20H27N3O3S/c1-14(2)12-22-20(24)16-7-9-23(10-8-16)27(25,26)18-6-4-5-17-11-15(3)13-21-19(17)18/h4-6,11,13-14,16H,7-10,12H2,1-3H3,(H,22,24). The van der Waals surface area contributed by atoms with Crippen molar-refractivity contribution in [3.63, 3.8) is 0 Å². The van der Waals surface area contributed by atoms with E-state index in [9.17, 15) is 13.2 Å². The smallest absolute Gasteiger partial charge is 0.245 e. The van der Waals surface area contributed by atoms with Crippen LogP contribution < -0.4 is 5.32 Å². The second-order valence-electron chi connectivity index (χ2n) is 7.66. The van der Waals surface area contributed by atoms with E-state index in [1.165, 1.54) is 4.31 Å². The number of hydrogen-bond donors (Lipinski definition) is 1. The minimum absolute atomic E-state index is 0.0306. The highest BCUT2D eigenvalue weighted by molar-refractivity contribution is 7.89. The molecule has 0 unspecified atom stereocenters. The Labute approximate surface area is 161 Å². The minimum Gasteiger partial charge on any atom is -0.356 e. The molecule has 1 N–H and O–H groups in total.